The number of likely N-dealkylation sites (tertiary alicyclic amines) is 1. The van der Waals surface area contributed by atoms with Crippen LogP contribution < -0.4 is 10.5 Å². The van der Waals surface area contributed by atoms with Crippen LogP contribution in [-0.4, -0.2) is 59.1 Å². The fraction of sp³-hybridized carbons (Fsp3) is 0.474. The molecule has 2 aliphatic heterocycles. The second-order valence-electron chi connectivity index (χ2n) is 7.69. The van der Waals surface area contributed by atoms with E-state index in [2.05, 4.69) is 9.97 Å². The van der Waals surface area contributed by atoms with Gasteiger partial charge >= 0.3 is 0 Å². The van der Waals surface area contributed by atoms with E-state index in [0.29, 0.717) is 25.6 Å². The Morgan fingerprint density at radius 2 is 1.96 bits per heavy atom. The van der Waals surface area contributed by atoms with Crippen LogP contribution in [0.2, 0.25) is 0 Å². The molecule has 2 atom stereocenters. The predicted molar refractivity (Wildman–Crippen MR) is 96.8 cm³/mol. The van der Waals surface area contributed by atoms with E-state index in [1.807, 2.05) is 29.6 Å². The summed E-state index contributed by atoms with van der Waals surface area (Å²) >= 11 is 0. The third-order valence-electron chi connectivity index (χ3n) is 5.32. The quantitative estimate of drug-likeness (QED) is 0.799. The maximum absolute atomic E-state index is 12.6. The van der Waals surface area contributed by atoms with E-state index in [0.717, 1.165) is 34.7 Å². The van der Waals surface area contributed by atoms with E-state index < -0.39 is 0 Å². The molecule has 0 aliphatic carbocycles. The molecule has 0 saturated carbocycles. The molecule has 4 rings (SSSR count). The van der Waals surface area contributed by atoms with Gasteiger partial charge in [0, 0.05) is 60.8 Å². The molecule has 1 saturated heterocycles. The number of amides is 1. The summed E-state index contributed by atoms with van der Waals surface area (Å²) in [6.45, 7) is 2.59. The van der Waals surface area contributed by atoms with Crippen LogP contribution in [-0.2, 0) is 11.3 Å². The van der Waals surface area contributed by atoms with Gasteiger partial charge in [-0.3, -0.25) is 9.59 Å². The van der Waals surface area contributed by atoms with Crippen LogP contribution in [0.15, 0.2) is 35.6 Å². The number of likely N-dealkylation sites (N-methyl/N-ethyl adjacent to an activating group) is 1. The lowest BCUT2D eigenvalue weighted by Crippen LogP contribution is -3.07. The average molecular weight is 354 g/mol. The van der Waals surface area contributed by atoms with Gasteiger partial charge in [-0.1, -0.05) is 0 Å². The number of fused-ring (bicyclic) bond motifs is 4. The molecule has 136 valence electrons. The SMILES string of the molecule is C[NH+](C)CC(=O)N1C[C@@H]2C[C@H](C1)c1c(-c3cncnc3)ccc(=O)n1C2. The first-order valence-corrected chi connectivity index (χ1v) is 9.09. The Morgan fingerprint density at radius 1 is 1.19 bits per heavy atom. The number of carbonyl (C=O) groups is 1. The van der Waals surface area contributed by atoms with Crippen molar-refractivity contribution in [2.75, 3.05) is 33.7 Å². The molecule has 0 unspecified atom stereocenters. The molecule has 7 heteroatoms. The van der Waals surface area contributed by atoms with Gasteiger partial charge in [0.25, 0.3) is 11.5 Å². The summed E-state index contributed by atoms with van der Waals surface area (Å²) in [6.07, 6.45) is 6.08. The normalized spacial score (nSPS) is 21.6. The number of hydrogen-bond donors (Lipinski definition) is 1. The van der Waals surface area contributed by atoms with Gasteiger partial charge in [-0.15, -0.1) is 0 Å². The highest BCUT2D eigenvalue weighted by atomic mass is 16.2. The van der Waals surface area contributed by atoms with Crippen LogP contribution in [0, 0.1) is 5.92 Å². The first kappa shape index (κ1) is 16.9. The van der Waals surface area contributed by atoms with E-state index in [9.17, 15) is 9.59 Å². The minimum absolute atomic E-state index is 0.0350. The van der Waals surface area contributed by atoms with Crippen molar-refractivity contribution < 1.29 is 9.69 Å². The molecule has 4 heterocycles. The molecule has 2 bridgehead atoms. The fourth-order valence-electron chi connectivity index (χ4n) is 4.32. The van der Waals surface area contributed by atoms with Gasteiger partial charge < -0.3 is 14.4 Å². The van der Waals surface area contributed by atoms with Crippen molar-refractivity contribution in [3.63, 3.8) is 0 Å². The number of carbonyl (C=O) groups excluding carboxylic acids is 1. The average Bonchev–Trinajstić information content (AvgIpc) is 2.62. The molecular formula is C19H24N5O2+. The lowest BCUT2D eigenvalue weighted by molar-refractivity contribution is -0.849. The molecule has 1 N–H and O–H groups in total. The van der Waals surface area contributed by atoms with E-state index in [-0.39, 0.29) is 17.4 Å². The first-order valence-electron chi connectivity index (χ1n) is 9.09. The topological polar surface area (TPSA) is 72.5 Å². The summed E-state index contributed by atoms with van der Waals surface area (Å²) in [7, 11) is 3.98. The van der Waals surface area contributed by atoms with Gasteiger partial charge in [-0.25, -0.2) is 9.97 Å². The monoisotopic (exact) mass is 354 g/mol. The minimum atomic E-state index is 0.0350. The maximum atomic E-state index is 12.6. The van der Waals surface area contributed by atoms with Crippen LogP contribution in [0.1, 0.15) is 18.0 Å². The number of quaternary nitrogens is 1. The Kier molecular flexibility index (Phi) is 4.32. The summed E-state index contributed by atoms with van der Waals surface area (Å²) in [5.74, 6) is 0.700. The first-order chi connectivity index (χ1) is 12.5. The molecule has 0 radical (unpaired) electrons. The molecule has 1 amide bonds. The second kappa shape index (κ2) is 6.64. The molecule has 7 nitrogen and oxygen atoms in total. The van der Waals surface area contributed by atoms with E-state index in [4.69, 9.17) is 0 Å². The summed E-state index contributed by atoms with van der Waals surface area (Å²) in [6, 6.07) is 3.50. The number of nitrogens with one attached hydrogen (secondary N) is 1. The highest BCUT2D eigenvalue weighted by molar-refractivity contribution is 5.77. The van der Waals surface area contributed by atoms with Crippen LogP contribution >= 0.6 is 0 Å². The van der Waals surface area contributed by atoms with Crippen molar-refractivity contribution in [1.82, 2.24) is 19.4 Å². The van der Waals surface area contributed by atoms with E-state index in [1.165, 1.54) is 6.33 Å². The summed E-state index contributed by atoms with van der Waals surface area (Å²) in [5.41, 5.74) is 2.98. The van der Waals surface area contributed by atoms with Crippen molar-refractivity contribution in [1.29, 1.82) is 0 Å². The largest absolute Gasteiger partial charge is 0.337 e. The van der Waals surface area contributed by atoms with Crippen LogP contribution in [0.3, 0.4) is 0 Å². The Hall–Kier alpha value is -2.54. The number of hydrogen-bond acceptors (Lipinski definition) is 4. The Labute approximate surface area is 152 Å². The molecule has 1 fully saturated rings. The van der Waals surface area contributed by atoms with Gasteiger partial charge in [0.2, 0.25) is 0 Å². The molecule has 2 aromatic rings. The molecule has 2 aliphatic rings. The van der Waals surface area contributed by atoms with Crippen LogP contribution in [0.4, 0.5) is 0 Å². The van der Waals surface area contributed by atoms with Crippen molar-refractivity contribution >= 4 is 5.91 Å². The van der Waals surface area contributed by atoms with Crippen molar-refractivity contribution in [2.24, 2.45) is 5.92 Å². The molecule has 0 aromatic carbocycles. The van der Waals surface area contributed by atoms with Crippen molar-refractivity contribution in [3.8, 4) is 11.1 Å². The fourth-order valence-corrected chi connectivity index (χ4v) is 4.32. The Balaban J connectivity index is 1.73. The van der Waals surface area contributed by atoms with Gasteiger partial charge in [0.15, 0.2) is 6.54 Å². The van der Waals surface area contributed by atoms with Crippen molar-refractivity contribution in [2.45, 2.75) is 18.9 Å². The molecular weight excluding hydrogens is 330 g/mol. The number of pyridine rings is 1. The maximum Gasteiger partial charge on any atom is 0.277 e. The summed E-state index contributed by atoms with van der Waals surface area (Å²) < 4.78 is 1.90. The minimum Gasteiger partial charge on any atom is -0.337 e. The summed E-state index contributed by atoms with van der Waals surface area (Å²) in [5, 5.41) is 0. The zero-order chi connectivity index (χ0) is 18.3. The van der Waals surface area contributed by atoms with Gasteiger partial charge in [-0.2, -0.15) is 0 Å². The molecule has 26 heavy (non-hydrogen) atoms. The predicted octanol–water partition coefficient (Wildman–Crippen LogP) is -0.604. The highest BCUT2D eigenvalue weighted by Gasteiger charge is 2.38. The molecule has 0 spiro atoms. The van der Waals surface area contributed by atoms with Crippen LogP contribution in [0.5, 0.6) is 0 Å². The van der Waals surface area contributed by atoms with E-state index in [1.54, 1.807) is 18.5 Å². The van der Waals surface area contributed by atoms with E-state index >= 15 is 0 Å². The third-order valence-corrected chi connectivity index (χ3v) is 5.32. The third kappa shape index (κ3) is 3.03. The smallest absolute Gasteiger partial charge is 0.277 e. The Bertz CT molecular complexity index is 877. The number of rotatable bonds is 3. The number of piperidine rings is 1. The molecule has 2 aromatic heterocycles. The summed E-state index contributed by atoms with van der Waals surface area (Å²) in [4.78, 5) is 36.4. The zero-order valence-corrected chi connectivity index (χ0v) is 15.2. The lowest BCUT2D eigenvalue weighted by Gasteiger charge is -2.43. The standard InChI is InChI=1S/C19H23N5O2/c1-22(2)11-18(26)23-8-13-5-14(10-23)19-16(15-6-20-12-21-7-15)3-4-17(25)24(19)9-13/h3-4,6-7,12-14H,5,8-11H2,1-2H3/p+1/t13-,14+/m0/s1. The van der Waals surface area contributed by atoms with Crippen molar-refractivity contribution in [3.05, 3.63) is 46.9 Å². The number of aromatic nitrogens is 3. The zero-order valence-electron chi connectivity index (χ0n) is 15.2. The number of nitrogens with zero attached hydrogens (tertiary/aromatic N) is 4. The van der Waals surface area contributed by atoms with Crippen LogP contribution in [0.25, 0.3) is 11.1 Å². The van der Waals surface area contributed by atoms with Gasteiger partial charge in [-0.05, 0) is 18.4 Å². The van der Waals surface area contributed by atoms with Gasteiger partial charge in [0.1, 0.15) is 6.33 Å². The second-order valence-corrected chi connectivity index (χ2v) is 7.69. The Morgan fingerprint density at radius 3 is 2.69 bits per heavy atom. The van der Waals surface area contributed by atoms with Gasteiger partial charge in [0.05, 0.1) is 14.1 Å². The lowest BCUT2D eigenvalue weighted by atomic mass is 9.80. The highest BCUT2D eigenvalue weighted by Crippen LogP contribution is 2.39.